The second-order valence-electron chi connectivity index (χ2n) is 12.0. The van der Waals surface area contributed by atoms with Crippen molar-refractivity contribution in [1.82, 2.24) is 9.13 Å². The normalized spacial score (nSPS) is 11.3. The van der Waals surface area contributed by atoms with E-state index in [0.717, 1.165) is 55.7 Å². The Hall–Kier alpha value is -6.88. The van der Waals surface area contributed by atoms with E-state index in [-0.39, 0.29) is 0 Å². The molecule has 0 saturated carbocycles. The van der Waals surface area contributed by atoms with Crippen molar-refractivity contribution >= 4 is 43.6 Å². The van der Waals surface area contributed by atoms with E-state index in [1.165, 1.54) is 21.5 Å². The summed E-state index contributed by atoms with van der Waals surface area (Å²) in [5.74, 6) is 0. The monoisotopic (exact) mass is 610 g/mol. The third kappa shape index (κ3) is 4.07. The molecule has 4 heteroatoms. The lowest BCUT2D eigenvalue weighted by Crippen LogP contribution is -1.97. The van der Waals surface area contributed by atoms with Gasteiger partial charge in [-0.3, -0.25) is 0 Å². The Morgan fingerprint density at radius 1 is 0.417 bits per heavy atom. The smallest absolute Gasteiger partial charge is 0.0998 e. The zero-order chi connectivity index (χ0) is 32.2. The maximum atomic E-state index is 10.1. The molecule has 0 spiro atoms. The highest BCUT2D eigenvalue weighted by Crippen LogP contribution is 2.43. The van der Waals surface area contributed by atoms with Gasteiger partial charge in [-0.1, -0.05) is 103 Å². The molecule has 7 aromatic carbocycles. The molecule has 0 fully saturated rings. The van der Waals surface area contributed by atoms with E-state index in [9.17, 15) is 10.5 Å². The van der Waals surface area contributed by atoms with Crippen molar-refractivity contribution in [2.75, 3.05) is 0 Å². The average Bonchev–Trinajstić information content (AvgIpc) is 3.68. The summed E-state index contributed by atoms with van der Waals surface area (Å²) in [6, 6.07) is 59.0. The number of aromatic nitrogens is 2. The highest BCUT2D eigenvalue weighted by molar-refractivity contribution is 6.26. The van der Waals surface area contributed by atoms with Crippen LogP contribution >= 0.6 is 0 Å². The molecule has 0 aliphatic heterocycles. The fourth-order valence-electron chi connectivity index (χ4n) is 7.34. The van der Waals surface area contributed by atoms with Gasteiger partial charge in [-0.05, 0) is 71.3 Å². The molecule has 0 atom stereocenters. The van der Waals surface area contributed by atoms with E-state index in [1.807, 2.05) is 24.3 Å². The molecular formula is C44H26N4. The van der Waals surface area contributed by atoms with Gasteiger partial charge in [0.1, 0.15) is 0 Å². The number of para-hydroxylation sites is 3. The first kappa shape index (κ1) is 27.4. The van der Waals surface area contributed by atoms with Gasteiger partial charge in [-0.25, -0.2) is 0 Å². The van der Waals surface area contributed by atoms with Crippen molar-refractivity contribution in [2.45, 2.75) is 0 Å². The van der Waals surface area contributed by atoms with E-state index in [0.29, 0.717) is 11.1 Å². The minimum absolute atomic E-state index is 0.470. The largest absolute Gasteiger partial charge is 0.309 e. The first-order valence-electron chi connectivity index (χ1n) is 15.9. The molecule has 0 saturated heterocycles. The maximum Gasteiger partial charge on any atom is 0.0998 e. The van der Waals surface area contributed by atoms with Crippen molar-refractivity contribution in [3.8, 4) is 45.8 Å². The summed E-state index contributed by atoms with van der Waals surface area (Å²) in [4.78, 5) is 0. The van der Waals surface area contributed by atoms with Crippen LogP contribution in [0.25, 0.3) is 77.2 Å². The van der Waals surface area contributed by atoms with Crippen molar-refractivity contribution in [3.63, 3.8) is 0 Å². The Bertz CT molecular complexity index is 2790. The molecule has 0 unspecified atom stereocenters. The molecule has 0 radical (unpaired) electrons. The van der Waals surface area contributed by atoms with Crippen LogP contribution in [0.2, 0.25) is 0 Å². The molecule has 0 aliphatic carbocycles. The number of rotatable bonds is 4. The number of hydrogen-bond donors (Lipinski definition) is 0. The number of benzene rings is 7. The van der Waals surface area contributed by atoms with Crippen LogP contribution in [0.4, 0.5) is 0 Å². The SMILES string of the molecule is N#Cc1ccc(-c2ccc(-n3c4ccccc4c4ccc5c(c6ccccc6n5-c5ccccc5)c43)cc2-c2ccccc2)c(C#N)c1. The molecule has 222 valence electrons. The molecule has 9 rings (SSSR count). The average molecular weight is 611 g/mol. The van der Waals surface area contributed by atoms with E-state index < -0.39 is 0 Å². The highest BCUT2D eigenvalue weighted by Gasteiger charge is 2.22. The van der Waals surface area contributed by atoms with Gasteiger partial charge in [0.2, 0.25) is 0 Å². The zero-order valence-corrected chi connectivity index (χ0v) is 25.8. The minimum Gasteiger partial charge on any atom is -0.309 e. The van der Waals surface area contributed by atoms with Crippen molar-refractivity contribution in [1.29, 1.82) is 10.5 Å². The highest BCUT2D eigenvalue weighted by atomic mass is 15.0. The standard InChI is InChI=1S/C44H26N4/c45-27-29-19-21-34(31(25-29)28-46)35-22-20-33(26-39(35)30-11-3-1-4-12-30)48-40-17-9-7-15-36(40)37-23-24-42-43(44(37)48)38-16-8-10-18-41(38)47(42)32-13-5-2-6-14-32/h1-26H. The summed E-state index contributed by atoms with van der Waals surface area (Å²) < 4.78 is 4.76. The quantitative estimate of drug-likeness (QED) is 0.199. The zero-order valence-electron chi connectivity index (χ0n) is 25.8. The first-order valence-corrected chi connectivity index (χ1v) is 15.9. The Balaban J connectivity index is 1.41. The van der Waals surface area contributed by atoms with Gasteiger partial charge < -0.3 is 9.13 Å². The number of fused-ring (bicyclic) bond motifs is 7. The van der Waals surface area contributed by atoms with E-state index in [2.05, 4.69) is 143 Å². The molecule has 48 heavy (non-hydrogen) atoms. The van der Waals surface area contributed by atoms with Gasteiger partial charge in [0, 0.05) is 38.5 Å². The van der Waals surface area contributed by atoms with Gasteiger partial charge in [0.25, 0.3) is 0 Å². The lowest BCUT2D eigenvalue weighted by Gasteiger charge is -2.16. The molecule has 2 aromatic heterocycles. The van der Waals surface area contributed by atoms with Gasteiger partial charge >= 0.3 is 0 Å². The van der Waals surface area contributed by atoms with Gasteiger partial charge in [-0.15, -0.1) is 0 Å². The maximum absolute atomic E-state index is 10.1. The van der Waals surface area contributed by atoms with Crippen LogP contribution in [0.1, 0.15) is 11.1 Å². The van der Waals surface area contributed by atoms with Crippen LogP contribution in [-0.2, 0) is 0 Å². The van der Waals surface area contributed by atoms with E-state index in [4.69, 9.17) is 0 Å². The first-order chi connectivity index (χ1) is 23.7. The number of nitriles is 2. The molecule has 0 amide bonds. The topological polar surface area (TPSA) is 57.4 Å². The van der Waals surface area contributed by atoms with Crippen molar-refractivity contribution < 1.29 is 0 Å². The second kappa shape index (κ2) is 10.9. The van der Waals surface area contributed by atoms with Gasteiger partial charge in [0.15, 0.2) is 0 Å². The van der Waals surface area contributed by atoms with Crippen LogP contribution in [0.15, 0.2) is 158 Å². The second-order valence-corrected chi connectivity index (χ2v) is 12.0. The number of hydrogen-bond acceptors (Lipinski definition) is 2. The number of nitrogens with zero attached hydrogens (tertiary/aromatic N) is 4. The molecule has 0 N–H and O–H groups in total. The Morgan fingerprint density at radius 3 is 1.83 bits per heavy atom. The van der Waals surface area contributed by atoms with E-state index >= 15 is 0 Å². The van der Waals surface area contributed by atoms with Gasteiger partial charge in [0.05, 0.1) is 45.3 Å². The van der Waals surface area contributed by atoms with Crippen molar-refractivity contribution in [2.24, 2.45) is 0 Å². The lowest BCUT2D eigenvalue weighted by molar-refractivity contribution is 1.17. The van der Waals surface area contributed by atoms with E-state index in [1.54, 1.807) is 12.1 Å². The summed E-state index contributed by atoms with van der Waals surface area (Å²) in [6.07, 6.45) is 0. The third-order valence-corrected chi connectivity index (χ3v) is 9.39. The molecule has 2 heterocycles. The van der Waals surface area contributed by atoms with Crippen molar-refractivity contribution in [3.05, 3.63) is 169 Å². The fourth-order valence-corrected chi connectivity index (χ4v) is 7.34. The Morgan fingerprint density at radius 2 is 1.08 bits per heavy atom. The summed E-state index contributed by atoms with van der Waals surface area (Å²) in [5, 5.41) is 24.4. The van der Waals surface area contributed by atoms with Crippen LogP contribution in [0.5, 0.6) is 0 Å². The predicted octanol–water partition coefficient (Wildman–Crippen LogP) is 11.0. The molecule has 4 nitrogen and oxygen atoms in total. The molecule has 0 aliphatic rings. The summed E-state index contributed by atoms with van der Waals surface area (Å²) >= 11 is 0. The molecule has 9 aromatic rings. The van der Waals surface area contributed by atoms with Crippen LogP contribution in [-0.4, -0.2) is 9.13 Å². The lowest BCUT2D eigenvalue weighted by atomic mass is 9.91. The van der Waals surface area contributed by atoms with Crippen LogP contribution in [0, 0.1) is 22.7 Å². The Labute approximate surface area is 277 Å². The molecule has 0 bridgehead atoms. The minimum atomic E-state index is 0.470. The summed E-state index contributed by atoms with van der Waals surface area (Å²) in [7, 11) is 0. The van der Waals surface area contributed by atoms with Crippen LogP contribution < -0.4 is 0 Å². The Kier molecular flexibility index (Phi) is 6.22. The fraction of sp³-hybridized carbons (Fsp3) is 0. The molecular weight excluding hydrogens is 585 g/mol. The summed E-state index contributed by atoms with van der Waals surface area (Å²) in [6.45, 7) is 0. The summed E-state index contributed by atoms with van der Waals surface area (Å²) in [5.41, 5.74) is 11.5. The predicted molar refractivity (Wildman–Crippen MR) is 195 cm³/mol. The van der Waals surface area contributed by atoms with Gasteiger partial charge in [-0.2, -0.15) is 10.5 Å². The third-order valence-electron chi connectivity index (χ3n) is 9.39. The van der Waals surface area contributed by atoms with Crippen LogP contribution in [0.3, 0.4) is 0 Å².